The molecule has 0 unspecified atom stereocenters. The Morgan fingerprint density at radius 1 is 1.35 bits per heavy atom. The van der Waals surface area contributed by atoms with Gasteiger partial charge in [-0.2, -0.15) is 0 Å². The minimum atomic E-state index is -0.342. The highest BCUT2D eigenvalue weighted by atomic mass is 16.6. The zero-order valence-corrected chi connectivity index (χ0v) is 9.22. The summed E-state index contributed by atoms with van der Waals surface area (Å²) in [6.45, 7) is 1.14. The van der Waals surface area contributed by atoms with Crippen LogP contribution in [0.4, 0.5) is 0 Å². The van der Waals surface area contributed by atoms with Crippen LogP contribution in [0, 0.1) is 0 Å². The molecular formula is C13H12O4. The van der Waals surface area contributed by atoms with Crippen LogP contribution in [0.1, 0.15) is 16.8 Å². The molecule has 17 heavy (non-hydrogen) atoms. The number of benzene rings is 1. The average molecular weight is 232 g/mol. The van der Waals surface area contributed by atoms with E-state index in [0.717, 1.165) is 11.8 Å². The summed E-state index contributed by atoms with van der Waals surface area (Å²) in [6.07, 6.45) is 2.08. The Hall–Kier alpha value is -1.81. The number of carbonyl (C=O) groups is 1. The number of rotatable bonds is 2. The topological polar surface area (TPSA) is 48.7 Å². The van der Waals surface area contributed by atoms with E-state index in [9.17, 15) is 4.79 Å². The van der Waals surface area contributed by atoms with Crippen molar-refractivity contribution in [3.05, 3.63) is 36.1 Å². The summed E-state index contributed by atoms with van der Waals surface area (Å²) in [5.41, 5.74) is 1.18. The summed E-state index contributed by atoms with van der Waals surface area (Å²) in [5, 5.41) is 0.788. The smallest absolute Gasteiger partial charge is 0.342 e. The first-order chi connectivity index (χ1) is 8.34. The third kappa shape index (κ3) is 1.91. The molecule has 1 fully saturated rings. The van der Waals surface area contributed by atoms with Crippen molar-refractivity contribution in [3.8, 4) is 0 Å². The molecule has 1 aromatic heterocycles. The molecule has 4 heteroatoms. The predicted molar refractivity (Wildman–Crippen MR) is 60.9 cm³/mol. The number of para-hydroxylation sites is 1. The van der Waals surface area contributed by atoms with Crippen LogP contribution in [-0.2, 0) is 9.47 Å². The number of furan rings is 1. The van der Waals surface area contributed by atoms with Gasteiger partial charge in [-0.15, -0.1) is 0 Å². The molecule has 1 aromatic carbocycles. The van der Waals surface area contributed by atoms with E-state index >= 15 is 0 Å². The molecule has 0 amide bonds. The van der Waals surface area contributed by atoms with Crippen LogP contribution >= 0.6 is 0 Å². The minimum Gasteiger partial charge on any atom is -0.463 e. The van der Waals surface area contributed by atoms with Gasteiger partial charge in [-0.1, -0.05) is 18.2 Å². The predicted octanol–water partition coefficient (Wildman–Crippen LogP) is 2.38. The highest BCUT2D eigenvalue weighted by Gasteiger charge is 2.22. The number of carbonyl (C=O) groups excluding carboxylic acids is 1. The minimum absolute atomic E-state index is 0.129. The van der Waals surface area contributed by atoms with Gasteiger partial charge in [0.2, 0.25) is 0 Å². The maximum Gasteiger partial charge on any atom is 0.342 e. The first kappa shape index (κ1) is 10.4. The van der Waals surface area contributed by atoms with Crippen molar-refractivity contribution in [1.29, 1.82) is 0 Å². The first-order valence-corrected chi connectivity index (χ1v) is 5.59. The Morgan fingerprint density at radius 2 is 2.24 bits per heavy atom. The van der Waals surface area contributed by atoms with Crippen molar-refractivity contribution in [1.82, 2.24) is 0 Å². The van der Waals surface area contributed by atoms with Gasteiger partial charge in [0.05, 0.1) is 13.2 Å². The number of fused-ring (bicyclic) bond motifs is 1. The number of hydrogen-bond acceptors (Lipinski definition) is 4. The van der Waals surface area contributed by atoms with Gasteiger partial charge in [-0.05, 0) is 6.07 Å². The van der Waals surface area contributed by atoms with E-state index in [-0.39, 0.29) is 12.1 Å². The van der Waals surface area contributed by atoms with Crippen molar-refractivity contribution in [2.24, 2.45) is 0 Å². The third-order valence-electron chi connectivity index (χ3n) is 2.86. The molecule has 0 N–H and O–H groups in total. The summed E-state index contributed by atoms with van der Waals surface area (Å²) >= 11 is 0. The van der Waals surface area contributed by atoms with Crippen LogP contribution < -0.4 is 0 Å². The van der Waals surface area contributed by atoms with E-state index in [1.54, 1.807) is 0 Å². The number of ether oxygens (including phenoxy) is 2. The molecular weight excluding hydrogens is 220 g/mol. The molecule has 88 valence electrons. The molecule has 0 spiro atoms. The van der Waals surface area contributed by atoms with Gasteiger partial charge in [0, 0.05) is 11.8 Å². The third-order valence-corrected chi connectivity index (χ3v) is 2.86. The first-order valence-electron chi connectivity index (χ1n) is 5.59. The van der Waals surface area contributed by atoms with Crippen LogP contribution in [-0.4, -0.2) is 25.3 Å². The molecule has 0 radical (unpaired) electrons. The largest absolute Gasteiger partial charge is 0.463 e. The van der Waals surface area contributed by atoms with Gasteiger partial charge in [0.1, 0.15) is 23.5 Å². The normalized spacial score (nSPS) is 19.6. The molecule has 0 saturated carbocycles. The van der Waals surface area contributed by atoms with E-state index in [1.807, 2.05) is 24.3 Å². The molecule has 0 bridgehead atoms. The standard InChI is InChI=1S/C13H12O4/c14-13(17-9-5-6-15-7-9)11-8-16-12-4-2-1-3-10(11)12/h1-4,8-9H,5-7H2/t9-/m0/s1. The molecule has 1 aliphatic heterocycles. The lowest BCUT2D eigenvalue weighted by Gasteiger charge is -2.08. The van der Waals surface area contributed by atoms with Crippen LogP contribution in [0.25, 0.3) is 11.0 Å². The van der Waals surface area contributed by atoms with Gasteiger partial charge in [-0.3, -0.25) is 0 Å². The van der Waals surface area contributed by atoms with E-state index in [2.05, 4.69) is 0 Å². The van der Waals surface area contributed by atoms with Crippen LogP contribution in [0.5, 0.6) is 0 Å². The zero-order valence-electron chi connectivity index (χ0n) is 9.22. The molecule has 0 aliphatic carbocycles. The van der Waals surface area contributed by atoms with Crippen LogP contribution in [0.3, 0.4) is 0 Å². The van der Waals surface area contributed by atoms with Crippen molar-refractivity contribution in [3.63, 3.8) is 0 Å². The Morgan fingerprint density at radius 3 is 3.06 bits per heavy atom. The molecule has 2 aromatic rings. The SMILES string of the molecule is O=C(O[C@H]1CCOC1)c1coc2ccccc12. The van der Waals surface area contributed by atoms with Crippen LogP contribution in [0.15, 0.2) is 34.9 Å². The number of hydrogen-bond donors (Lipinski definition) is 0. The van der Waals surface area contributed by atoms with Gasteiger partial charge >= 0.3 is 5.97 Å². The average Bonchev–Trinajstić information content (AvgIpc) is 2.96. The highest BCUT2D eigenvalue weighted by Crippen LogP contribution is 2.22. The fraction of sp³-hybridized carbons (Fsp3) is 0.308. The lowest BCUT2D eigenvalue weighted by molar-refractivity contribution is 0.0272. The monoisotopic (exact) mass is 232 g/mol. The Bertz CT molecular complexity index is 537. The summed E-state index contributed by atoms with van der Waals surface area (Å²) in [6, 6.07) is 7.41. The summed E-state index contributed by atoms with van der Waals surface area (Å²) in [5.74, 6) is -0.342. The molecule has 1 saturated heterocycles. The second kappa shape index (κ2) is 4.22. The summed E-state index contributed by atoms with van der Waals surface area (Å²) < 4.78 is 15.8. The van der Waals surface area contributed by atoms with E-state index < -0.39 is 0 Å². The van der Waals surface area contributed by atoms with E-state index in [0.29, 0.717) is 24.4 Å². The van der Waals surface area contributed by atoms with Gasteiger partial charge in [-0.25, -0.2) is 4.79 Å². The van der Waals surface area contributed by atoms with Crippen LogP contribution in [0.2, 0.25) is 0 Å². The lowest BCUT2D eigenvalue weighted by atomic mass is 10.2. The lowest BCUT2D eigenvalue weighted by Crippen LogP contribution is -2.17. The Labute approximate surface area is 98.1 Å². The van der Waals surface area contributed by atoms with E-state index in [1.165, 1.54) is 6.26 Å². The van der Waals surface area contributed by atoms with Crippen molar-refractivity contribution >= 4 is 16.9 Å². The fourth-order valence-electron chi connectivity index (χ4n) is 1.96. The fourth-order valence-corrected chi connectivity index (χ4v) is 1.96. The summed E-state index contributed by atoms with van der Waals surface area (Å²) in [7, 11) is 0. The molecule has 1 atom stereocenters. The molecule has 1 aliphatic rings. The number of esters is 1. The summed E-state index contributed by atoms with van der Waals surface area (Å²) in [4.78, 5) is 11.9. The van der Waals surface area contributed by atoms with Crippen molar-refractivity contribution in [2.75, 3.05) is 13.2 Å². The van der Waals surface area contributed by atoms with Crippen molar-refractivity contribution in [2.45, 2.75) is 12.5 Å². The maximum absolute atomic E-state index is 11.9. The maximum atomic E-state index is 11.9. The second-order valence-corrected chi connectivity index (χ2v) is 4.04. The highest BCUT2D eigenvalue weighted by molar-refractivity contribution is 6.03. The Balaban J connectivity index is 1.85. The molecule has 4 nitrogen and oxygen atoms in total. The Kier molecular flexibility index (Phi) is 2.57. The second-order valence-electron chi connectivity index (χ2n) is 4.04. The van der Waals surface area contributed by atoms with Gasteiger partial charge < -0.3 is 13.9 Å². The van der Waals surface area contributed by atoms with Gasteiger partial charge in [0.15, 0.2) is 0 Å². The molecule has 3 rings (SSSR count). The van der Waals surface area contributed by atoms with Crippen molar-refractivity contribution < 1.29 is 18.7 Å². The van der Waals surface area contributed by atoms with Gasteiger partial charge in [0.25, 0.3) is 0 Å². The van der Waals surface area contributed by atoms with E-state index in [4.69, 9.17) is 13.9 Å². The quantitative estimate of drug-likeness (QED) is 0.746. The zero-order chi connectivity index (χ0) is 11.7. The molecule has 2 heterocycles.